The van der Waals surface area contributed by atoms with Gasteiger partial charge >= 0.3 is 0 Å². The van der Waals surface area contributed by atoms with Crippen molar-refractivity contribution in [3.63, 3.8) is 0 Å². The molecule has 2 rings (SSSR count). The Bertz CT molecular complexity index is 541. The standard InChI is InChI=1S/C18H26N2O3/c1-19-9-7-15(8-10-19)20(2)18(21)6-5-14-11-16(22-3)13-17(12-14)23-4/h5-6,11-13,15H,7-10H2,1-4H3/b6-5+. The normalized spacial score (nSPS) is 16.5. The highest BCUT2D eigenvalue weighted by Gasteiger charge is 2.22. The second-order valence-corrected chi connectivity index (χ2v) is 5.96. The number of amides is 1. The zero-order valence-electron chi connectivity index (χ0n) is 14.4. The molecule has 1 saturated heterocycles. The van der Waals surface area contributed by atoms with Crippen LogP contribution < -0.4 is 9.47 Å². The molecule has 0 spiro atoms. The van der Waals surface area contributed by atoms with Gasteiger partial charge in [-0.3, -0.25) is 4.79 Å². The number of ether oxygens (including phenoxy) is 2. The minimum atomic E-state index is 0.0290. The van der Waals surface area contributed by atoms with E-state index in [1.54, 1.807) is 26.4 Å². The third-order valence-corrected chi connectivity index (χ3v) is 4.38. The Labute approximate surface area is 138 Å². The first-order valence-electron chi connectivity index (χ1n) is 7.90. The van der Waals surface area contributed by atoms with Gasteiger partial charge in [0, 0.05) is 25.2 Å². The van der Waals surface area contributed by atoms with Gasteiger partial charge in [-0.05, 0) is 56.8 Å². The van der Waals surface area contributed by atoms with Crippen LogP contribution >= 0.6 is 0 Å². The molecule has 5 nitrogen and oxygen atoms in total. The number of methoxy groups -OCH3 is 2. The Morgan fingerprint density at radius 1 is 1.17 bits per heavy atom. The van der Waals surface area contributed by atoms with E-state index in [0.717, 1.165) is 31.5 Å². The Hall–Kier alpha value is -2.01. The van der Waals surface area contributed by atoms with Crippen LogP contribution in [0.4, 0.5) is 0 Å². The number of hydrogen-bond donors (Lipinski definition) is 0. The third-order valence-electron chi connectivity index (χ3n) is 4.38. The van der Waals surface area contributed by atoms with Gasteiger partial charge in [-0.1, -0.05) is 0 Å². The molecule has 1 amide bonds. The maximum absolute atomic E-state index is 12.4. The van der Waals surface area contributed by atoms with Crippen molar-refractivity contribution in [2.24, 2.45) is 0 Å². The first-order chi connectivity index (χ1) is 11.0. The van der Waals surface area contributed by atoms with Crippen molar-refractivity contribution in [1.29, 1.82) is 0 Å². The number of rotatable bonds is 5. The van der Waals surface area contributed by atoms with E-state index in [9.17, 15) is 4.79 Å². The van der Waals surface area contributed by atoms with E-state index in [1.165, 1.54) is 0 Å². The zero-order valence-corrected chi connectivity index (χ0v) is 14.4. The van der Waals surface area contributed by atoms with Crippen LogP contribution in [0.5, 0.6) is 11.5 Å². The fraction of sp³-hybridized carbons (Fsp3) is 0.500. The summed E-state index contributed by atoms with van der Waals surface area (Å²) in [5, 5.41) is 0. The first kappa shape index (κ1) is 17.3. The quantitative estimate of drug-likeness (QED) is 0.781. The number of carbonyl (C=O) groups is 1. The second-order valence-electron chi connectivity index (χ2n) is 5.96. The van der Waals surface area contributed by atoms with Crippen LogP contribution in [-0.4, -0.2) is 63.2 Å². The number of likely N-dealkylation sites (tertiary alicyclic amines) is 1. The number of carbonyl (C=O) groups excluding carboxylic acids is 1. The van der Waals surface area contributed by atoms with Crippen molar-refractivity contribution < 1.29 is 14.3 Å². The lowest BCUT2D eigenvalue weighted by atomic mass is 10.0. The molecule has 126 valence electrons. The fourth-order valence-corrected chi connectivity index (χ4v) is 2.77. The molecule has 1 aromatic carbocycles. The number of likely N-dealkylation sites (N-methyl/N-ethyl adjacent to an activating group) is 1. The van der Waals surface area contributed by atoms with Crippen molar-refractivity contribution >= 4 is 12.0 Å². The van der Waals surface area contributed by atoms with Gasteiger partial charge in [0.1, 0.15) is 11.5 Å². The molecule has 1 fully saturated rings. The average Bonchev–Trinajstić information content (AvgIpc) is 2.59. The van der Waals surface area contributed by atoms with E-state index < -0.39 is 0 Å². The predicted octanol–water partition coefficient (Wildman–Crippen LogP) is 2.27. The van der Waals surface area contributed by atoms with E-state index >= 15 is 0 Å². The van der Waals surface area contributed by atoms with Gasteiger partial charge in [0.2, 0.25) is 5.91 Å². The summed E-state index contributed by atoms with van der Waals surface area (Å²) in [6.45, 7) is 2.08. The lowest BCUT2D eigenvalue weighted by Gasteiger charge is -2.34. The fourth-order valence-electron chi connectivity index (χ4n) is 2.77. The molecule has 0 aromatic heterocycles. The third kappa shape index (κ3) is 4.73. The number of benzene rings is 1. The number of nitrogens with zero attached hydrogens (tertiary/aromatic N) is 2. The van der Waals surface area contributed by atoms with Crippen molar-refractivity contribution in [3.05, 3.63) is 29.8 Å². The van der Waals surface area contributed by atoms with Gasteiger partial charge in [0.25, 0.3) is 0 Å². The molecule has 0 unspecified atom stereocenters. The topological polar surface area (TPSA) is 42.0 Å². The van der Waals surface area contributed by atoms with Crippen LogP contribution in [0.2, 0.25) is 0 Å². The Kier molecular flexibility index (Phi) is 6.04. The minimum Gasteiger partial charge on any atom is -0.497 e. The summed E-state index contributed by atoms with van der Waals surface area (Å²) < 4.78 is 10.5. The van der Waals surface area contributed by atoms with Gasteiger partial charge < -0.3 is 19.3 Å². The Balaban J connectivity index is 2.02. The number of piperidine rings is 1. The van der Waals surface area contributed by atoms with E-state index in [1.807, 2.05) is 30.1 Å². The molecule has 0 radical (unpaired) electrons. The van der Waals surface area contributed by atoms with Gasteiger partial charge in [0.05, 0.1) is 14.2 Å². The van der Waals surface area contributed by atoms with Crippen LogP contribution in [0, 0.1) is 0 Å². The van der Waals surface area contributed by atoms with Crippen LogP contribution in [0.1, 0.15) is 18.4 Å². The molecule has 0 saturated carbocycles. The SMILES string of the molecule is COc1cc(/C=C/C(=O)N(C)C2CCN(C)CC2)cc(OC)c1. The predicted molar refractivity (Wildman–Crippen MR) is 91.9 cm³/mol. The van der Waals surface area contributed by atoms with E-state index in [4.69, 9.17) is 9.47 Å². The van der Waals surface area contributed by atoms with Crippen LogP contribution in [0.3, 0.4) is 0 Å². The summed E-state index contributed by atoms with van der Waals surface area (Å²) in [6.07, 6.45) is 5.48. The summed E-state index contributed by atoms with van der Waals surface area (Å²) in [5.74, 6) is 1.45. The molecule has 0 N–H and O–H groups in total. The highest BCUT2D eigenvalue weighted by Crippen LogP contribution is 2.23. The van der Waals surface area contributed by atoms with Crippen molar-refractivity contribution in [3.8, 4) is 11.5 Å². The molecule has 1 aliphatic rings. The maximum Gasteiger partial charge on any atom is 0.246 e. The lowest BCUT2D eigenvalue weighted by Crippen LogP contribution is -2.43. The lowest BCUT2D eigenvalue weighted by molar-refractivity contribution is -0.127. The highest BCUT2D eigenvalue weighted by atomic mass is 16.5. The van der Waals surface area contributed by atoms with Crippen LogP contribution in [-0.2, 0) is 4.79 Å². The van der Waals surface area contributed by atoms with Gasteiger partial charge in [0.15, 0.2) is 0 Å². The summed E-state index contributed by atoms with van der Waals surface area (Å²) in [7, 11) is 7.23. The van der Waals surface area contributed by atoms with Gasteiger partial charge in [-0.25, -0.2) is 0 Å². The maximum atomic E-state index is 12.4. The first-order valence-corrected chi connectivity index (χ1v) is 7.90. The van der Waals surface area contributed by atoms with Crippen molar-refractivity contribution in [2.45, 2.75) is 18.9 Å². The van der Waals surface area contributed by atoms with E-state index in [0.29, 0.717) is 17.5 Å². The zero-order chi connectivity index (χ0) is 16.8. The average molecular weight is 318 g/mol. The highest BCUT2D eigenvalue weighted by molar-refractivity contribution is 5.92. The van der Waals surface area contributed by atoms with Crippen molar-refractivity contribution in [1.82, 2.24) is 9.80 Å². The molecular formula is C18H26N2O3. The van der Waals surface area contributed by atoms with Crippen LogP contribution in [0.25, 0.3) is 6.08 Å². The van der Waals surface area contributed by atoms with Crippen molar-refractivity contribution in [2.75, 3.05) is 41.4 Å². The molecular weight excluding hydrogens is 292 g/mol. The second kappa shape index (κ2) is 8.02. The molecule has 0 aliphatic carbocycles. The molecule has 1 heterocycles. The summed E-state index contributed by atoms with van der Waals surface area (Å²) in [6, 6.07) is 5.89. The van der Waals surface area contributed by atoms with Gasteiger partial charge in [-0.15, -0.1) is 0 Å². The van der Waals surface area contributed by atoms with Gasteiger partial charge in [-0.2, -0.15) is 0 Å². The minimum absolute atomic E-state index is 0.0290. The van der Waals surface area contributed by atoms with E-state index in [-0.39, 0.29) is 5.91 Å². The molecule has 5 heteroatoms. The summed E-state index contributed by atoms with van der Waals surface area (Å²) >= 11 is 0. The number of hydrogen-bond acceptors (Lipinski definition) is 4. The molecule has 23 heavy (non-hydrogen) atoms. The largest absolute Gasteiger partial charge is 0.497 e. The Morgan fingerprint density at radius 2 is 1.74 bits per heavy atom. The van der Waals surface area contributed by atoms with E-state index in [2.05, 4.69) is 11.9 Å². The molecule has 1 aliphatic heterocycles. The smallest absolute Gasteiger partial charge is 0.246 e. The monoisotopic (exact) mass is 318 g/mol. The molecule has 0 bridgehead atoms. The summed E-state index contributed by atoms with van der Waals surface area (Å²) in [4.78, 5) is 16.5. The molecule has 1 aromatic rings. The Morgan fingerprint density at radius 3 is 2.26 bits per heavy atom. The molecule has 0 atom stereocenters. The van der Waals surface area contributed by atoms with Crippen LogP contribution in [0.15, 0.2) is 24.3 Å². The summed E-state index contributed by atoms with van der Waals surface area (Å²) in [5.41, 5.74) is 0.881.